The Morgan fingerprint density at radius 3 is 2.81 bits per heavy atom. The number of carbonyl (C=O) groups is 2. The fourth-order valence-electron chi connectivity index (χ4n) is 2.56. The van der Waals surface area contributed by atoms with Gasteiger partial charge in [0.1, 0.15) is 0 Å². The summed E-state index contributed by atoms with van der Waals surface area (Å²) in [4.78, 5) is 29.0. The van der Waals surface area contributed by atoms with Gasteiger partial charge in [-0.15, -0.1) is 5.10 Å². The highest BCUT2D eigenvalue weighted by Gasteiger charge is 2.37. The van der Waals surface area contributed by atoms with Gasteiger partial charge in [0, 0.05) is 6.54 Å². The number of amides is 1. The Labute approximate surface area is 119 Å². The van der Waals surface area contributed by atoms with Gasteiger partial charge in [-0.1, -0.05) is 24.3 Å². The van der Waals surface area contributed by atoms with Crippen LogP contribution in [-0.4, -0.2) is 43.6 Å². The second kappa shape index (κ2) is 4.89. The van der Waals surface area contributed by atoms with Crippen molar-refractivity contribution in [2.45, 2.75) is 12.5 Å². The van der Waals surface area contributed by atoms with E-state index in [9.17, 15) is 14.7 Å². The standard InChI is InChI=1S/C13H13N5O3/c14-13-15-10(16-17-13)11(19)18-6-5-7-3-1-2-4-8(7)9(18)12(20)21/h1-4,9H,5-6H2,(H,20,21)(H3,14,15,16,17). The summed E-state index contributed by atoms with van der Waals surface area (Å²) in [7, 11) is 0. The summed E-state index contributed by atoms with van der Waals surface area (Å²) in [5.41, 5.74) is 6.93. The van der Waals surface area contributed by atoms with Gasteiger partial charge < -0.3 is 15.7 Å². The molecule has 8 nitrogen and oxygen atoms in total. The Morgan fingerprint density at radius 2 is 2.14 bits per heavy atom. The van der Waals surface area contributed by atoms with Gasteiger partial charge in [-0.25, -0.2) is 4.79 Å². The maximum atomic E-state index is 12.4. The van der Waals surface area contributed by atoms with Crippen LogP contribution in [0.1, 0.15) is 27.8 Å². The normalized spacial score (nSPS) is 17.3. The van der Waals surface area contributed by atoms with Crippen LogP contribution in [-0.2, 0) is 11.2 Å². The number of hydrogen-bond donors (Lipinski definition) is 3. The van der Waals surface area contributed by atoms with Crippen molar-refractivity contribution in [1.82, 2.24) is 20.1 Å². The van der Waals surface area contributed by atoms with Gasteiger partial charge in [0.15, 0.2) is 6.04 Å². The van der Waals surface area contributed by atoms with Crippen molar-refractivity contribution in [3.8, 4) is 0 Å². The summed E-state index contributed by atoms with van der Waals surface area (Å²) in [6, 6.07) is 6.18. The van der Waals surface area contributed by atoms with Gasteiger partial charge in [0.05, 0.1) is 0 Å². The molecule has 1 amide bonds. The predicted octanol–water partition coefficient (Wildman–Crippen LogP) is 0.211. The number of nitrogens with two attached hydrogens (primary N) is 1. The van der Waals surface area contributed by atoms with E-state index in [1.165, 1.54) is 4.90 Å². The molecular weight excluding hydrogens is 274 g/mol. The lowest BCUT2D eigenvalue weighted by Crippen LogP contribution is -2.43. The number of fused-ring (bicyclic) bond motifs is 1. The third-order valence-corrected chi connectivity index (χ3v) is 3.48. The maximum Gasteiger partial charge on any atom is 0.331 e. The second-order valence-electron chi connectivity index (χ2n) is 4.73. The van der Waals surface area contributed by atoms with Crippen molar-refractivity contribution in [2.24, 2.45) is 0 Å². The van der Waals surface area contributed by atoms with E-state index >= 15 is 0 Å². The molecule has 0 radical (unpaired) electrons. The minimum Gasteiger partial charge on any atom is -0.479 e. The van der Waals surface area contributed by atoms with E-state index in [1.54, 1.807) is 12.1 Å². The molecule has 2 heterocycles. The number of carbonyl (C=O) groups excluding carboxylic acids is 1. The topological polar surface area (TPSA) is 125 Å². The van der Waals surface area contributed by atoms with Crippen LogP contribution >= 0.6 is 0 Å². The SMILES string of the molecule is Nc1n[nH]c(C(=O)N2CCc3ccccc3C2C(=O)O)n1. The van der Waals surface area contributed by atoms with Gasteiger partial charge in [-0.3, -0.25) is 9.89 Å². The molecule has 0 spiro atoms. The molecule has 0 aliphatic carbocycles. The summed E-state index contributed by atoms with van der Waals surface area (Å²) >= 11 is 0. The van der Waals surface area contributed by atoms with Crippen LogP contribution in [0, 0.1) is 0 Å². The number of nitrogens with one attached hydrogen (secondary N) is 1. The average Bonchev–Trinajstić information content (AvgIpc) is 2.91. The first-order chi connectivity index (χ1) is 10.1. The zero-order valence-corrected chi connectivity index (χ0v) is 11.0. The van der Waals surface area contributed by atoms with E-state index in [4.69, 9.17) is 5.73 Å². The Hall–Kier alpha value is -2.90. The molecule has 3 rings (SSSR count). The van der Waals surface area contributed by atoms with E-state index < -0.39 is 17.9 Å². The zero-order chi connectivity index (χ0) is 15.0. The molecule has 8 heteroatoms. The van der Waals surface area contributed by atoms with E-state index in [1.807, 2.05) is 12.1 Å². The molecule has 1 aliphatic heterocycles. The van der Waals surface area contributed by atoms with Gasteiger partial charge >= 0.3 is 5.97 Å². The number of aliphatic carboxylic acids is 1. The number of anilines is 1. The van der Waals surface area contributed by atoms with E-state index in [0.29, 0.717) is 18.5 Å². The summed E-state index contributed by atoms with van der Waals surface area (Å²) in [5, 5.41) is 15.5. The van der Waals surface area contributed by atoms with Crippen molar-refractivity contribution in [3.05, 3.63) is 41.2 Å². The lowest BCUT2D eigenvalue weighted by Gasteiger charge is -2.34. The minimum atomic E-state index is -1.08. The Kier molecular flexibility index (Phi) is 3.05. The summed E-state index contributed by atoms with van der Waals surface area (Å²) in [5.74, 6) is -1.72. The van der Waals surface area contributed by atoms with Crippen LogP contribution in [0.2, 0.25) is 0 Å². The zero-order valence-electron chi connectivity index (χ0n) is 11.0. The van der Waals surface area contributed by atoms with Crippen molar-refractivity contribution in [1.29, 1.82) is 0 Å². The molecule has 2 aromatic rings. The molecule has 1 aromatic carbocycles. The number of benzene rings is 1. The monoisotopic (exact) mass is 287 g/mol. The summed E-state index contributed by atoms with van der Waals surface area (Å²) in [6.45, 7) is 0.299. The number of carboxylic acid groups (broad SMARTS) is 1. The van der Waals surface area contributed by atoms with E-state index in [2.05, 4.69) is 15.2 Å². The van der Waals surface area contributed by atoms with Gasteiger partial charge in [0.2, 0.25) is 11.8 Å². The number of carboxylic acids is 1. The van der Waals surface area contributed by atoms with Crippen molar-refractivity contribution in [2.75, 3.05) is 12.3 Å². The minimum absolute atomic E-state index is 0.0531. The van der Waals surface area contributed by atoms with Gasteiger partial charge in [0.25, 0.3) is 5.91 Å². The van der Waals surface area contributed by atoms with Crippen LogP contribution in [0.3, 0.4) is 0 Å². The molecule has 1 unspecified atom stereocenters. The molecular formula is C13H13N5O3. The average molecular weight is 287 g/mol. The molecule has 21 heavy (non-hydrogen) atoms. The Balaban J connectivity index is 1.99. The molecule has 4 N–H and O–H groups in total. The van der Waals surface area contributed by atoms with Gasteiger partial charge in [-0.05, 0) is 17.5 Å². The number of aromatic amines is 1. The first kappa shape index (κ1) is 13.1. The highest BCUT2D eigenvalue weighted by molar-refractivity contribution is 5.94. The molecule has 0 fully saturated rings. The van der Waals surface area contributed by atoms with Crippen LogP contribution in [0.5, 0.6) is 0 Å². The molecule has 0 bridgehead atoms. The number of nitrogens with zero attached hydrogens (tertiary/aromatic N) is 3. The fraction of sp³-hybridized carbons (Fsp3) is 0.231. The number of aromatic nitrogens is 3. The van der Waals surface area contributed by atoms with Crippen LogP contribution < -0.4 is 5.73 Å². The third kappa shape index (κ3) is 2.20. The van der Waals surface area contributed by atoms with Crippen LogP contribution in [0.25, 0.3) is 0 Å². The fourth-order valence-corrected chi connectivity index (χ4v) is 2.56. The van der Waals surface area contributed by atoms with Crippen molar-refractivity contribution in [3.63, 3.8) is 0 Å². The lowest BCUT2D eigenvalue weighted by atomic mass is 9.92. The highest BCUT2D eigenvalue weighted by atomic mass is 16.4. The number of rotatable bonds is 2. The number of H-pyrrole nitrogens is 1. The molecule has 1 aliphatic rings. The lowest BCUT2D eigenvalue weighted by molar-refractivity contribution is -0.143. The smallest absolute Gasteiger partial charge is 0.331 e. The molecule has 108 valence electrons. The summed E-state index contributed by atoms with van der Waals surface area (Å²) in [6.07, 6.45) is 0.593. The first-order valence-electron chi connectivity index (χ1n) is 6.37. The van der Waals surface area contributed by atoms with Gasteiger partial charge in [-0.2, -0.15) is 4.98 Å². The van der Waals surface area contributed by atoms with Crippen LogP contribution in [0.15, 0.2) is 24.3 Å². The Bertz CT molecular complexity index is 711. The highest BCUT2D eigenvalue weighted by Crippen LogP contribution is 2.30. The Morgan fingerprint density at radius 1 is 1.38 bits per heavy atom. The third-order valence-electron chi connectivity index (χ3n) is 3.48. The summed E-state index contributed by atoms with van der Waals surface area (Å²) < 4.78 is 0. The predicted molar refractivity (Wildman–Crippen MR) is 72.4 cm³/mol. The van der Waals surface area contributed by atoms with Crippen molar-refractivity contribution >= 4 is 17.8 Å². The molecule has 0 saturated carbocycles. The quantitative estimate of drug-likeness (QED) is 0.725. The number of nitrogen functional groups attached to an aromatic ring is 1. The molecule has 1 aromatic heterocycles. The number of hydrogen-bond acceptors (Lipinski definition) is 5. The molecule has 0 saturated heterocycles. The van der Waals surface area contributed by atoms with Crippen molar-refractivity contribution < 1.29 is 14.7 Å². The first-order valence-corrected chi connectivity index (χ1v) is 6.37. The second-order valence-corrected chi connectivity index (χ2v) is 4.73. The van der Waals surface area contributed by atoms with E-state index in [0.717, 1.165) is 5.56 Å². The van der Waals surface area contributed by atoms with E-state index in [-0.39, 0.29) is 11.8 Å². The maximum absolute atomic E-state index is 12.4. The van der Waals surface area contributed by atoms with Crippen LogP contribution in [0.4, 0.5) is 5.95 Å². The molecule has 1 atom stereocenters. The largest absolute Gasteiger partial charge is 0.479 e.